The van der Waals surface area contributed by atoms with Crippen LogP contribution in [0.3, 0.4) is 0 Å². The summed E-state index contributed by atoms with van der Waals surface area (Å²) in [4.78, 5) is 0. The smallest absolute Gasteiger partial charge is 0.187 e. The van der Waals surface area contributed by atoms with Crippen LogP contribution in [0.4, 0.5) is 0 Å². The van der Waals surface area contributed by atoms with Gasteiger partial charge in [0.05, 0.1) is 24.9 Å². The Kier molecular flexibility index (Phi) is 6.94. The van der Waals surface area contributed by atoms with E-state index in [1.807, 2.05) is 0 Å². The molecule has 1 heterocycles. The van der Waals surface area contributed by atoms with Crippen LogP contribution in [0, 0.1) is 5.92 Å². The molecule has 1 aliphatic heterocycles. The van der Waals surface area contributed by atoms with Crippen LogP contribution in [-0.2, 0) is 14.2 Å². The van der Waals surface area contributed by atoms with E-state index in [1.54, 1.807) is 13.8 Å². The molecule has 0 aromatic carbocycles. The van der Waals surface area contributed by atoms with E-state index < -0.39 is 61.5 Å². The Balaban J connectivity index is 2.12. The van der Waals surface area contributed by atoms with Gasteiger partial charge in [-0.1, -0.05) is 0 Å². The molecule has 6 N–H and O–H groups in total. The molecule has 0 unspecified atom stereocenters. The molecule has 9 atom stereocenters. The van der Waals surface area contributed by atoms with Gasteiger partial charge in [-0.3, -0.25) is 0 Å². The molecule has 9 heteroatoms. The molecular weight excluding hydrogens is 324 g/mol. The Hall–Kier alpha value is -0.360. The summed E-state index contributed by atoms with van der Waals surface area (Å²) in [6, 6.07) is 0. The standard InChI is InChI=1S/C15H28O9/c1-6(2)22-15-14(13(21)12(20)9(5-17)24-15)23-8-3-7(4-16)10(18)11(8)19/h6-21H,3-5H2,1-2H3/t7-,8-,9-,10+,11+,12-,13+,14-,15-/m1/s1. The van der Waals surface area contributed by atoms with E-state index in [9.17, 15) is 30.6 Å². The lowest BCUT2D eigenvalue weighted by atomic mass is 9.98. The third-order valence-corrected chi connectivity index (χ3v) is 4.55. The summed E-state index contributed by atoms with van der Waals surface area (Å²) in [7, 11) is 0. The summed E-state index contributed by atoms with van der Waals surface area (Å²) in [5, 5.41) is 58.7. The molecule has 0 spiro atoms. The molecule has 2 rings (SSSR count). The first-order valence-electron chi connectivity index (χ1n) is 8.20. The van der Waals surface area contributed by atoms with Crippen LogP contribution in [0.1, 0.15) is 20.3 Å². The van der Waals surface area contributed by atoms with Crippen molar-refractivity contribution in [2.75, 3.05) is 13.2 Å². The predicted octanol–water partition coefficient (Wildman–Crippen LogP) is -2.66. The maximum Gasteiger partial charge on any atom is 0.187 e. The van der Waals surface area contributed by atoms with Crippen LogP contribution in [0.25, 0.3) is 0 Å². The van der Waals surface area contributed by atoms with Crippen LogP contribution < -0.4 is 0 Å². The van der Waals surface area contributed by atoms with E-state index >= 15 is 0 Å². The minimum absolute atomic E-state index is 0.190. The molecule has 1 aliphatic carbocycles. The van der Waals surface area contributed by atoms with Gasteiger partial charge < -0.3 is 44.8 Å². The maximum atomic E-state index is 10.3. The van der Waals surface area contributed by atoms with Crippen molar-refractivity contribution in [1.82, 2.24) is 0 Å². The number of hydrogen-bond donors (Lipinski definition) is 6. The summed E-state index contributed by atoms with van der Waals surface area (Å²) in [5.74, 6) is -0.536. The molecule has 9 nitrogen and oxygen atoms in total. The van der Waals surface area contributed by atoms with Crippen LogP contribution in [0.15, 0.2) is 0 Å². The summed E-state index contributed by atoms with van der Waals surface area (Å²) in [6.07, 6.45) is -9.29. The number of aliphatic hydroxyl groups is 6. The van der Waals surface area contributed by atoms with Gasteiger partial charge in [0.15, 0.2) is 6.29 Å². The molecule has 1 saturated heterocycles. The first-order chi connectivity index (χ1) is 11.3. The topological polar surface area (TPSA) is 149 Å². The zero-order valence-corrected chi connectivity index (χ0v) is 13.8. The summed E-state index contributed by atoms with van der Waals surface area (Å²) in [6.45, 7) is 2.70. The molecular formula is C15H28O9. The Morgan fingerprint density at radius 1 is 0.958 bits per heavy atom. The van der Waals surface area contributed by atoms with Crippen molar-refractivity contribution in [3.05, 3.63) is 0 Å². The number of hydrogen-bond acceptors (Lipinski definition) is 9. The van der Waals surface area contributed by atoms with Gasteiger partial charge >= 0.3 is 0 Å². The first-order valence-corrected chi connectivity index (χ1v) is 8.20. The third kappa shape index (κ3) is 4.06. The molecule has 0 radical (unpaired) electrons. The Bertz CT molecular complexity index is 393. The van der Waals surface area contributed by atoms with E-state index in [0.717, 1.165) is 0 Å². The normalized spacial score (nSPS) is 46.6. The zero-order valence-electron chi connectivity index (χ0n) is 13.8. The predicted molar refractivity (Wildman–Crippen MR) is 79.8 cm³/mol. The van der Waals surface area contributed by atoms with Gasteiger partial charge in [-0.15, -0.1) is 0 Å². The Morgan fingerprint density at radius 2 is 1.62 bits per heavy atom. The van der Waals surface area contributed by atoms with Crippen LogP contribution in [0.2, 0.25) is 0 Å². The van der Waals surface area contributed by atoms with Gasteiger partial charge in [-0.25, -0.2) is 0 Å². The van der Waals surface area contributed by atoms with Crippen LogP contribution in [-0.4, -0.2) is 99.0 Å². The Morgan fingerprint density at radius 3 is 2.12 bits per heavy atom. The molecule has 24 heavy (non-hydrogen) atoms. The van der Waals surface area contributed by atoms with Crippen molar-refractivity contribution in [2.45, 2.75) is 75.4 Å². The van der Waals surface area contributed by atoms with Gasteiger partial charge in [0, 0.05) is 12.5 Å². The monoisotopic (exact) mass is 352 g/mol. The molecule has 2 fully saturated rings. The van der Waals surface area contributed by atoms with Gasteiger partial charge in [-0.2, -0.15) is 0 Å². The Labute approximate surface area is 140 Å². The zero-order chi connectivity index (χ0) is 18.0. The molecule has 0 aromatic heterocycles. The van der Waals surface area contributed by atoms with E-state index in [0.29, 0.717) is 0 Å². The highest BCUT2D eigenvalue weighted by Gasteiger charge is 2.50. The van der Waals surface area contributed by atoms with Crippen molar-refractivity contribution in [3.63, 3.8) is 0 Å². The second kappa shape index (κ2) is 8.35. The van der Waals surface area contributed by atoms with Crippen molar-refractivity contribution in [3.8, 4) is 0 Å². The highest BCUT2D eigenvalue weighted by Crippen LogP contribution is 2.33. The molecule has 0 amide bonds. The van der Waals surface area contributed by atoms with Gasteiger partial charge in [0.1, 0.15) is 30.5 Å². The number of rotatable bonds is 6. The quantitative estimate of drug-likeness (QED) is 0.301. The SMILES string of the molecule is CC(C)O[C@@H]1O[C@H](CO)[C@@H](O)[C@H](O)[C@H]1O[C@@H]1C[C@H](CO)[C@H](O)[C@H]1O. The second-order valence-corrected chi connectivity index (χ2v) is 6.69. The lowest BCUT2D eigenvalue weighted by molar-refractivity contribution is -0.326. The molecule has 2 aliphatic rings. The van der Waals surface area contributed by atoms with Crippen molar-refractivity contribution in [2.24, 2.45) is 5.92 Å². The minimum atomic E-state index is -1.41. The van der Waals surface area contributed by atoms with Gasteiger partial charge in [0.25, 0.3) is 0 Å². The lowest BCUT2D eigenvalue weighted by Crippen LogP contribution is -2.61. The number of ether oxygens (including phenoxy) is 3. The van der Waals surface area contributed by atoms with Gasteiger partial charge in [-0.05, 0) is 20.3 Å². The fraction of sp³-hybridized carbons (Fsp3) is 1.00. The van der Waals surface area contributed by atoms with E-state index in [4.69, 9.17) is 14.2 Å². The summed E-state index contributed by atoms with van der Waals surface area (Å²) in [5.41, 5.74) is 0. The van der Waals surface area contributed by atoms with E-state index in [-0.39, 0.29) is 19.1 Å². The van der Waals surface area contributed by atoms with Crippen molar-refractivity contribution >= 4 is 0 Å². The van der Waals surface area contributed by atoms with E-state index in [2.05, 4.69) is 0 Å². The van der Waals surface area contributed by atoms with Crippen molar-refractivity contribution in [1.29, 1.82) is 0 Å². The molecule has 142 valence electrons. The summed E-state index contributed by atoms with van der Waals surface area (Å²) < 4.78 is 16.7. The molecule has 1 saturated carbocycles. The van der Waals surface area contributed by atoms with Gasteiger partial charge in [0.2, 0.25) is 0 Å². The van der Waals surface area contributed by atoms with E-state index in [1.165, 1.54) is 0 Å². The maximum absolute atomic E-state index is 10.3. The first kappa shape index (κ1) is 20.0. The average Bonchev–Trinajstić information content (AvgIpc) is 2.81. The lowest BCUT2D eigenvalue weighted by Gasteiger charge is -2.43. The average molecular weight is 352 g/mol. The second-order valence-electron chi connectivity index (χ2n) is 6.69. The number of aliphatic hydroxyl groups excluding tert-OH is 6. The molecule has 0 aromatic rings. The van der Waals surface area contributed by atoms with Crippen LogP contribution >= 0.6 is 0 Å². The summed E-state index contributed by atoms with van der Waals surface area (Å²) >= 11 is 0. The van der Waals surface area contributed by atoms with Crippen molar-refractivity contribution < 1.29 is 44.8 Å². The largest absolute Gasteiger partial charge is 0.396 e. The highest BCUT2D eigenvalue weighted by atomic mass is 16.7. The highest BCUT2D eigenvalue weighted by molar-refractivity contribution is 4.96. The molecule has 0 bridgehead atoms. The fourth-order valence-electron chi connectivity index (χ4n) is 3.18. The minimum Gasteiger partial charge on any atom is -0.396 e. The van der Waals surface area contributed by atoms with Crippen LogP contribution in [0.5, 0.6) is 0 Å². The fourth-order valence-corrected chi connectivity index (χ4v) is 3.18. The third-order valence-electron chi connectivity index (χ3n) is 4.55.